The van der Waals surface area contributed by atoms with Crippen LogP contribution in [-0.4, -0.2) is 56.4 Å². The van der Waals surface area contributed by atoms with Crippen molar-refractivity contribution in [3.63, 3.8) is 0 Å². The summed E-state index contributed by atoms with van der Waals surface area (Å²) in [6, 6.07) is -2.41. The van der Waals surface area contributed by atoms with Crippen LogP contribution < -0.4 is 11.1 Å². The number of nitrogens with two attached hydrogens (primary N) is 1. The number of carboxylic acid groups (broad SMARTS) is 2. The Hall–Kier alpha value is -1.48. The Balaban J connectivity index is 4.22. The number of aliphatic carboxylic acids is 2. The zero-order valence-electron chi connectivity index (χ0n) is 9.79. The summed E-state index contributed by atoms with van der Waals surface area (Å²) in [6.45, 7) is 0. The molecule has 3 unspecified atom stereocenters. The molecular weight excluding hydrogens is 264 g/mol. The van der Waals surface area contributed by atoms with Gasteiger partial charge in [-0.2, -0.15) is 0 Å². The van der Waals surface area contributed by atoms with Crippen molar-refractivity contribution >= 4 is 28.6 Å². The standard InChI is InChI=1S/C9H16N2O6S/c1-18(17)4-6(9(15)16)11-7(12)3-2-5(10)8(13)14/h5-6H,2-4,10H2,1H3,(H,11,12)(H,13,14)(H,15,16). The summed E-state index contributed by atoms with van der Waals surface area (Å²) in [7, 11) is -1.37. The number of hydrogen-bond donors (Lipinski definition) is 4. The van der Waals surface area contributed by atoms with Crippen LogP contribution in [0.2, 0.25) is 0 Å². The second-order valence-electron chi connectivity index (χ2n) is 3.68. The topological polar surface area (TPSA) is 147 Å². The van der Waals surface area contributed by atoms with E-state index in [2.05, 4.69) is 5.32 Å². The molecule has 0 bridgehead atoms. The highest BCUT2D eigenvalue weighted by Crippen LogP contribution is 1.97. The van der Waals surface area contributed by atoms with Crippen molar-refractivity contribution in [1.82, 2.24) is 5.32 Å². The Kier molecular flexibility index (Phi) is 7.13. The zero-order chi connectivity index (χ0) is 14.3. The van der Waals surface area contributed by atoms with Crippen molar-refractivity contribution in [3.8, 4) is 0 Å². The van der Waals surface area contributed by atoms with Gasteiger partial charge in [-0.3, -0.25) is 13.8 Å². The first kappa shape index (κ1) is 16.5. The smallest absolute Gasteiger partial charge is 0.327 e. The number of rotatable bonds is 8. The van der Waals surface area contributed by atoms with E-state index in [1.807, 2.05) is 0 Å². The Morgan fingerprint density at radius 2 is 1.83 bits per heavy atom. The van der Waals surface area contributed by atoms with Gasteiger partial charge in [-0.05, 0) is 6.42 Å². The molecule has 0 aromatic rings. The lowest BCUT2D eigenvalue weighted by atomic mass is 10.1. The van der Waals surface area contributed by atoms with Gasteiger partial charge in [0.05, 0.1) is 5.75 Å². The van der Waals surface area contributed by atoms with Gasteiger partial charge >= 0.3 is 11.9 Å². The average Bonchev–Trinajstić information content (AvgIpc) is 2.23. The highest BCUT2D eigenvalue weighted by molar-refractivity contribution is 7.84. The third kappa shape index (κ3) is 6.97. The molecule has 0 saturated heterocycles. The van der Waals surface area contributed by atoms with Crippen LogP contribution in [0.25, 0.3) is 0 Å². The van der Waals surface area contributed by atoms with Crippen molar-refractivity contribution < 1.29 is 28.8 Å². The summed E-state index contributed by atoms with van der Waals surface area (Å²) >= 11 is 0. The number of nitrogens with one attached hydrogen (secondary N) is 1. The molecule has 8 nitrogen and oxygen atoms in total. The van der Waals surface area contributed by atoms with Crippen LogP contribution in [0.3, 0.4) is 0 Å². The molecule has 18 heavy (non-hydrogen) atoms. The maximum Gasteiger partial charge on any atom is 0.327 e. The van der Waals surface area contributed by atoms with E-state index in [1.165, 1.54) is 6.26 Å². The Morgan fingerprint density at radius 3 is 2.22 bits per heavy atom. The fraction of sp³-hybridized carbons (Fsp3) is 0.667. The van der Waals surface area contributed by atoms with Crippen LogP contribution in [-0.2, 0) is 25.2 Å². The number of amides is 1. The zero-order valence-corrected chi connectivity index (χ0v) is 10.6. The van der Waals surface area contributed by atoms with Gasteiger partial charge in [0.15, 0.2) is 0 Å². The maximum atomic E-state index is 11.3. The van der Waals surface area contributed by atoms with Crippen molar-refractivity contribution in [1.29, 1.82) is 0 Å². The van der Waals surface area contributed by atoms with Crippen LogP contribution in [0.1, 0.15) is 12.8 Å². The molecular formula is C9H16N2O6S. The van der Waals surface area contributed by atoms with E-state index in [1.54, 1.807) is 0 Å². The first-order valence-corrected chi connectivity index (χ1v) is 6.77. The van der Waals surface area contributed by atoms with Crippen LogP contribution in [0.5, 0.6) is 0 Å². The van der Waals surface area contributed by atoms with Gasteiger partial charge in [0.1, 0.15) is 12.1 Å². The number of carbonyl (C=O) groups is 3. The van der Waals surface area contributed by atoms with E-state index in [0.717, 1.165) is 0 Å². The summed E-state index contributed by atoms with van der Waals surface area (Å²) in [5, 5.41) is 19.4. The maximum absolute atomic E-state index is 11.3. The van der Waals surface area contributed by atoms with E-state index in [4.69, 9.17) is 15.9 Å². The van der Waals surface area contributed by atoms with E-state index >= 15 is 0 Å². The fourth-order valence-electron chi connectivity index (χ4n) is 1.09. The van der Waals surface area contributed by atoms with Gasteiger partial charge in [-0.1, -0.05) is 0 Å². The molecule has 0 aliphatic carbocycles. The third-order valence-corrected chi connectivity index (χ3v) is 2.84. The predicted molar refractivity (Wildman–Crippen MR) is 63.3 cm³/mol. The molecule has 1 amide bonds. The SMILES string of the molecule is CS(=O)CC(NC(=O)CCC(N)C(=O)O)C(=O)O. The largest absolute Gasteiger partial charge is 0.480 e. The van der Waals surface area contributed by atoms with Gasteiger partial charge < -0.3 is 21.3 Å². The monoisotopic (exact) mass is 280 g/mol. The van der Waals surface area contributed by atoms with Gasteiger partial charge in [0, 0.05) is 23.5 Å². The van der Waals surface area contributed by atoms with E-state index in [-0.39, 0.29) is 18.6 Å². The van der Waals surface area contributed by atoms with E-state index < -0.39 is 40.7 Å². The molecule has 3 atom stereocenters. The lowest BCUT2D eigenvalue weighted by Crippen LogP contribution is -2.44. The molecule has 0 spiro atoms. The quantitative estimate of drug-likeness (QED) is 0.407. The van der Waals surface area contributed by atoms with E-state index in [0.29, 0.717) is 0 Å². The molecule has 0 heterocycles. The summed E-state index contributed by atoms with van der Waals surface area (Å²) in [6.07, 6.45) is 1.03. The van der Waals surface area contributed by atoms with Gasteiger partial charge in [-0.15, -0.1) is 0 Å². The minimum Gasteiger partial charge on any atom is -0.480 e. The molecule has 0 saturated carbocycles. The number of carboxylic acids is 2. The van der Waals surface area contributed by atoms with E-state index in [9.17, 15) is 18.6 Å². The fourth-order valence-corrected chi connectivity index (χ4v) is 1.78. The summed E-state index contributed by atoms with van der Waals surface area (Å²) < 4.78 is 10.9. The first-order chi connectivity index (χ1) is 8.23. The summed E-state index contributed by atoms with van der Waals surface area (Å²) in [5.74, 6) is -3.36. The molecule has 0 rings (SSSR count). The number of hydrogen-bond acceptors (Lipinski definition) is 5. The van der Waals surface area contributed by atoms with Crippen molar-refractivity contribution in [3.05, 3.63) is 0 Å². The second kappa shape index (κ2) is 7.77. The second-order valence-corrected chi connectivity index (χ2v) is 5.16. The molecule has 5 N–H and O–H groups in total. The average molecular weight is 280 g/mol. The molecule has 0 fully saturated rings. The minimum atomic E-state index is -1.37. The number of carbonyl (C=O) groups excluding carboxylic acids is 1. The van der Waals surface area contributed by atoms with Crippen LogP contribution in [0.4, 0.5) is 0 Å². The van der Waals surface area contributed by atoms with Gasteiger partial charge in [-0.25, -0.2) is 4.79 Å². The molecule has 0 aliphatic heterocycles. The molecule has 0 aromatic heterocycles. The predicted octanol–water partition coefficient (Wildman–Crippen LogP) is -1.87. The van der Waals surface area contributed by atoms with Crippen molar-refractivity contribution in [2.45, 2.75) is 24.9 Å². The van der Waals surface area contributed by atoms with Gasteiger partial charge in [0.2, 0.25) is 5.91 Å². The molecule has 0 aromatic carbocycles. The van der Waals surface area contributed by atoms with Crippen molar-refractivity contribution in [2.24, 2.45) is 5.73 Å². The van der Waals surface area contributed by atoms with Crippen LogP contribution >= 0.6 is 0 Å². The lowest BCUT2D eigenvalue weighted by Gasteiger charge is -2.13. The normalized spacial score (nSPS) is 15.4. The molecule has 9 heteroatoms. The lowest BCUT2D eigenvalue weighted by molar-refractivity contribution is -0.141. The Bertz CT molecular complexity index is 359. The third-order valence-electron chi connectivity index (χ3n) is 2.03. The minimum absolute atomic E-state index is 0.0945. The highest BCUT2D eigenvalue weighted by Gasteiger charge is 2.22. The van der Waals surface area contributed by atoms with Crippen molar-refractivity contribution in [2.75, 3.05) is 12.0 Å². The molecule has 0 aliphatic rings. The Morgan fingerprint density at radius 1 is 1.28 bits per heavy atom. The summed E-state index contributed by atoms with van der Waals surface area (Å²) in [5.41, 5.74) is 5.19. The Labute approximate surface area is 106 Å². The molecule has 0 radical (unpaired) electrons. The molecule has 104 valence electrons. The first-order valence-electron chi connectivity index (χ1n) is 5.04. The van der Waals surface area contributed by atoms with Gasteiger partial charge in [0.25, 0.3) is 0 Å². The van der Waals surface area contributed by atoms with Crippen LogP contribution in [0, 0.1) is 0 Å². The summed E-state index contributed by atoms with van der Waals surface area (Å²) in [4.78, 5) is 32.5. The van der Waals surface area contributed by atoms with Crippen LogP contribution in [0.15, 0.2) is 0 Å². The highest BCUT2D eigenvalue weighted by atomic mass is 32.2.